The minimum Gasteiger partial charge on any atom is -0.329 e. The molecule has 0 unspecified atom stereocenters. The number of benzene rings is 2. The van der Waals surface area contributed by atoms with Crippen molar-refractivity contribution in [3.8, 4) is 0 Å². The minimum atomic E-state index is -0.574. The molecule has 0 aliphatic carbocycles. The van der Waals surface area contributed by atoms with Crippen LogP contribution in [-0.4, -0.2) is 24.7 Å². The number of nitrogens with one attached hydrogen (secondary N) is 3. The number of allylic oxidation sites excluding steroid dienone is 1. The van der Waals surface area contributed by atoms with Gasteiger partial charge in [-0.2, -0.15) is 5.10 Å². The molecule has 2 rings (SSSR count). The summed E-state index contributed by atoms with van der Waals surface area (Å²) in [5, 5.41) is 8.57. The Hall–Kier alpha value is -3.48. The Labute approximate surface area is 144 Å². The number of amides is 3. The first-order valence-corrected chi connectivity index (χ1v) is 7.47. The lowest BCUT2D eigenvalue weighted by molar-refractivity contribution is -0.120. The summed E-state index contributed by atoms with van der Waals surface area (Å²) in [4.78, 5) is 23.1. The zero-order valence-electron chi connectivity index (χ0n) is 13.3. The van der Waals surface area contributed by atoms with Gasteiger partial charge in [-0.1, -0.05) is 36.4 Å². The van der Waals surface area contributed by atoms with Gasteiger partial charge in [0.15, 0.2) is 0 Å². The summed E-state index contributed by atoms with van der Waals surface area (Å²) in [5.41, 5.74) is 3.72. The Kier molecular flexibility index (Phi) is 6.87. The van der Waals surface area contributed by atoms with Crippen LogP contribution in [0.5, 0.6) is 0 Å². The molecule has 3 amide bonds. The Balaban J connectivity index is 1.66. The molecule has 2 aromatic rings. The number of hydrazone groups is 1. The number of carbonyl (C=O) groups is 2. The van der Waals surface area contributed by atoms with E-state index in [0.717, 1.165) is 5.56 Å². The van der Waals surface area contributed by atoms with Gasteiger partial charge in [0.05, 0.1) is 0 Å². The van der Waals surface area contributed by atoms with E-state index in [1.807, 2.05) is 36.4 Å². The van der Waals surface area contributed by atoms with Crippen LogP contribution in [-0.2, 0) is 4.79 Å². The van der Waals surface area contributed by atoms with Gasteiger partial charge in [0.2, 0.25) is 0 Å². The highest BCUT2D eigenvalue weighted by atomic mass is 19.1. The third-order valence-corrected chi connectivity index (χ3v) is 2.95. The zero-order valence-corrected chi connectivity index (χ0v) is 13.3. The van der Waals surface area contributed by atoms with E-state index in [1.165, 1.54) is 30.5 Å². The molecule has 0 aliphatic heterocycles. The predicted octanol–water partition coefficient (Wildman–Crippen LogP) is 2.76. The van der Waals surface area contributed by atoms with Crippen molar-refractivity contribution in [2.24, 2.45) is 5.10 Å². The molecule has 0 radical (unpaired) electrons. The van der Waals surface area contributed by atoms with Crippen LogP contribution in [0, 0.1) is 5.82 Å². The summed E-state index contributed by atoms with van der Waals surface area (Å²) < 4.78 is 12.7. The molecule has 3 N–H and O–H groups in total. The topological polar surface area (TPSA) is 82.6 Å². The van der Waals surface area contributed by atoms with E-state index in [2.05, 4.69) is 21.2 Å². The highest BCUT2D eigenvalue weighted by molar-refractivity contribution is 5.92. The first kappa shape index (κ1) is 17.9. The second kappa shape index (κ2) is 9.61. The van der Waals surface area contributed by atoms with Gasteiger partial charge in [0, 0.05) is 11.9 Å². The number of hydrogen-bond donors (Lipinski definition) is 3. The molecule has 7 heteroatoms. The third-order valence-electron chi connectivity index (χ3n) is 2.95. The largest absolute Gasteiger partial charge is 0.329 e. The van der Waals surface area contributed by atoms with Gasteiger partial charge in [-0.15, -0.1) is 0 Å². The van der Waals surface area contributed by atoms with Gasteiger partial charge in [-0.3, -0.25) is 4.79 Å². The summed E-state index contributed by atoms with van der Waals surface area (Å²) in [6.07, 6.45) is 4.96. The molecule has 0 aliphatic rings. The van der Waals surface area contributed by atoms with Crippen molar-refractivity contribution in [2.45, 2.75) is 0 Å². The van der Waals surface area contributed by atoms with Crippen molar-refractivity contribution in [1.29, 1.82) is 0 Å². The summed E-state index contributed by atoms with van der Waals surface area (Å²) in [6, 6.07) is 14.3. The SMILES string of the molecule is O=C(CNC(=O)Nc1ccc(F)cc1)NN=CC=Cc1ccccc1. The summed E-state index contributed by atoms with van der Waals surface area (Å²) in [5.74, 6) is -0.872. The summed E-state index contributed by atoms with van der Waals surface area (Å²) in [6.45, 7) is -0.243. The molecule has 0 atom stereocenters. The molecule has 0 saturated carbocycles. The minimum absolute atomic E-state index is 0.243. The lowest BCUT2D eigenvalue weighted by Gasteiger charge is -2.06. The number of carbonyl (C=O) groups excluding carboxylic acids is 2. The van der Waals surface area contributed by atoms with E-state index in [0.29, 0.717) is 5.69 Å². The zero-order chi connectivity index (χ0) is 17.9. The molecule has 0 saturated heterocycles. The smallest absolute Gasteiger partial charge is 0.319 e. The van der Waals surface area contributed by atoms with Crippen LogP contribution in [0.15, 0.2) is 65.8 Å². The third kappa shape index (κ3) is 7.08. The second-order valence-electron chi connectivity index (χ2n) is 4.90. The maximum atomic E-state index is 12.7. The molecular formula is C18H17FN4O2. The van der Waals surface area contributed by atoms with Gasteiger partial charge in [-0.25, -0.2) is 14.6 Å². The van der Waals surface area contributed by atoms with E-state index in [-0.39, 0.29) is 6.54 Å². The van der Waals surface area contributed by atoms with Gasteiger partial charge in [-0.05, 0) is 35.9 Å². The van der Waals surface area contributed by atoms with E-state index >= 15 is 0 Å². The van der Waals surface area contributed by atoms with Crippen LogP contribution in [0.4, 0.5) is 14.9 Å². The number of nitrogens with zero attached hydrogens (tertiary/aromatic N) is 1. The standard InChI is InChI=1S/C18H17FN4O2/c19-15-8-10-16(11-9-15)22-18(25)20-13-17(24)23-21-12-4-7-14-5-2-1-3-6-14/h1-12H,13H2,(H,23,24)(H2,20,22,25). The van der Waals surface area contributed by atoms with Crippen LogP contribution in [0.3, 0.4) is 0 Å². The fourth-order valence-corrected chi connectivity index (χ4v) is 1.78. The average molecular weight is 340 g/mol. The van der Waals surface area contributed by atoms with Crippen LogP contribution in [0.2, 0.25) is 0 Å². The fourth-order valence-electron chi connectivity index (χ4n) is 1.78. The molecule has 0 aromatic heterocycles. The maximum Gasteiger partial charge on any atom is 0.319 e. The lowest BCUT2D eigenvalue weighted by Crippen LogP contribution is -2.37. The monoisotopic (exact) mass is 340 g/mol. The molecular weight excluding hydrogens is 323 g/mol. The van der Waals surface area contributed by atoms with Crippen LogP contribution in [0.25, 0.3) is 6.08 Å². The number of halogens is 1. The highest BCUT2D eigenvalue weighted by Crippen LogP contribution is 2.07. The average Bonchev–Trinajstić information content (AvgIpc) is 2.62. The number of rotatable bonds is 6. The normalized spacial score (nSPS) is 10.8. The molecule has 0 heterocycles. The van der Waals surface area contributed by atoms with E-state index in [4.69, 9.17) is 0 Å². The fraction of sp³-hybridized carbons (Fsp3) is 0.0556. The van der Waals surface area contributed by atoms with E-state index in [1.54, 1.807) is 6.08 Å². The first-order chi connectivity index (χ1) is 12.1. The molecule has 25 heavy (non-hydrogen) atoms. The Morgan fingerprint density at radius 2 is 1.76 bits per heavy atom. The van der Waals surface area contributed by atoms with Crippen molar-refractivity contribution in [3.63, 3.8) is 0 Å². The summed E-state index contributed by atoms with van der Waals surface area (Å²) in [7, 11) is 0. The molecule has 128 valence electrons. The second-order valence-corrected chi connectivity index (χ2v) is 4.90. The summed E-state index contributed by atoms with van der Waals surface area (Å²) >= 11 is 0. The molecule has 2 aromatic carbocycles. The van der Waals surface area contributed by atoms with Crippen molar-refractivity contribution >= 4 is 29.9 Å². The maximum absolute atomic E-state index is 12.7. The number of urea groups is 1. The van der Waals surface area contributed by atoms with Crippen molar-refractivity contribution in [2.75, 3.05) is 11.9 Å². The predicted molar refractivity (Wildman–Crippen MR) is 95.5 cm³/mol. The van der Waals surface area contributed by atoms with Gasteiger partial charge < -0.3 is 10.6 Å². The van der Waals surface area contributed by atoms with E-state index in [9.17, 15) is 14.0 Å². The number of hydrogen-bond acceptors (Lipinski definition) is 3. The molecule has 0 fully saturated rings. The van der Waals surface area contributed by atoms with Gasteiger partial charge in [0.1, 0.15) is 12.4 Å². The Morgan fingerprint density at radius 1 is 1.04 bits per heavy atom. The van der Waals surface area contributed by atoms with Crippen molar-refractivity contribution in [1.82, 2.24) is 10.7 Å². The molecule has 0 spiro atoms. The van der Waals surface area contributed by atoms with Crippen molar-refractivity contribution < 1.29 is 14.0 Å². The Morgan fingerprint density at radius 3 is 2.48 bits per heavy atom. The lowest BCUT2D eigenvalue weighted by atomic mass is 10.2. The van der Waals surface area contributed by atoms with Crippen molar-refractivity contribution in [3.05, 3.63) is 72.1 Å². The number of anilines is 1. The van der Waals surface area contributed by atoms with Gasteiger partial charge >= 0.3 is 6.03 Å². The quantitative estimate of drug-likeness (QED) is 0.558. The first-order valence-electron chi connectivity index (χ1n) is 7.47. The molecule has 6 nitrogen and oxygen atoms in total. The van der Waals surface area contributed by atoms with Gasteiger partial charge in [0.25, 0.3) is 5.91 Å². The highest BCUT2D eigenvalue weighted by Gasteiger charge is 2.04. The van der Waals surface area contributed by atoms with Crippen LogP contribution >= 0.6 is 0 Å². The molecule has 0 bridgehead atoms. The van der Waals surface area contributed by atoms with Crippen LogP contribution in [0.1, 0.15) is 5.56 Å². The Bertz CT molecular complexity index is 758. The van der Waals surface area contributed by atoms with E-state index < -0.39 is 17.8 Å². The van der Waals surface area contributed by atoms with Crippen LogP contribution < -0.4 is 16.1 Å².